The van der Waals surface area contributed by atoms with Crippen LogP contribution in [-0.2, 0) is 15.4 Å². The van der Waals surface area contributed by atoms with Crippen LogP contribution in [0.5, 0.6) is 0 Å². The minimum atomic E-state index is -3.59. The molecule has 0 aliphatic carbocycles. The number of aryl methyl sites for hydroxylation is 1. The van der Waals surface area contributed by atoms with Crippen molar-refractivity contribution in [3.63, 3.8) is 0 Å². The second-order valence-electron chi connectivity index (χ2n) is 7.69. The van der Waals surface area contributed by atoms with Gasteiger partial charge in [-0.2, -0.15) is 5.21 Å². The second-order valence-corrected chi connectivity index (χ2v) is 9.75. The molecule has 2 heterocycles. The standard InChI is InChI=1S/C22H25N5O2S/c1-3-20(18-11-9-17(2)10-12-18)30(28,29)27-15-13-22(14-16-27,21-23-25-26-24-21)19-7-5-4-6-8-19/h3-12,20H,1,13-16H2,2H3,(H,23,24,25,26). The van der Waals surface area contributed by atoms with Crippen LogP contribution in [-0.4, -0.2) is 46.4 Å². The first-order valence-corrected chi connectivity index (χ1v) is 11.5. The molecule has 3 aromatic rings. The minimum Gasteiger partial charge on any atom is -0.211 e. The Morgan fingerprint density at radius 2 is 1.77 bits per heavy atom. The van der Waals surface area contributed by atoms with Crippen LogP contribution in [0.25, 0.3) is 0 Å². The molecule has 0 spiro atoms. The number of aromatic nitrogens is 4. The van der Waals surface area contributed by atoms with Gasteiger partial charge in [-0.1, -0.05) is 71.5 Å². The summed E-state index contributed by atoms with van der Waals surface area (Å²) in [6.45, 7) is 6.53. The highest BCUT2D eigenvalue weighted by Gasteiger charge is 2.44. The molecule has 156 valence electrons. The third-order valence-electron chi connectivity index (χ3n) is 5.98. The van der Waals surface area contributed by atoms with Gasteiger partial charge in [0.15, 0.2) is 5.82 Å². The summed E-state index contributed by atoms with van der Waals surface area (Å²) in [5, 5.41) is 14.0. The fourth-order valence-electron chi connectivity index (χ4n) is 4.23. The Bertz CT molecular complexity index is 1090. The number of hydrogen-bond donors (Lipinski definition) is 1. The number of nitrogens with one attached hydrogen (secondary N) is 1. The number of H-pyrrole nitrogens is 1. The van der Waals surface area contributed by atoms with Crippen LogP contribution < -0.4 is 0 Å². The number of hydrogen-bond acceptors (Lipinski definition) is 5. The molecule has 1 aliphatic rings. The van der Waals surface area contributed by atoms with Crippen LogP contribution in [0.3, 0.4) is 0 Å². The van der Waals surface area contributed by atoms with E-state index in [4.69, 9.17) is 0 Å². The van der Waals surface area contributed by atoms with Gasteiger partial charge in [0.2, 0.25) is 10.0 Å². The van der Waals surface area contributed by atoms with Crippen molar-refractivity contribution in [1.82, 2.24) is 24.9 Å². The molecule has 1 fully saturated rings. The molecule has 0 bridgehead atoms. The van der Waals surface area contributed by atoms with Gasteiger partial charge in [-0.25, -0.2) is 12.7 Å². The van der Waals surface area contributed by atoms with Gasteiger partial charge in [0.05, 0.1) is 5.41 Å². The van der Waals surface area contributed by atoms with Crippen molar-refractivity contribution < 1.29 is 8.42 Å². The summed E-state index contributed by atoms with van der Waals surface area (Å²) >= 11 is 0. The first-order chi connectivity index (χ1) is 14.5. The lowest BCUT2D eigenvalue weighted by molar-refractivity contribution is 0.256. The Hall–Kier alpha value is -2.84. The molecule has 2 aromatic carbocycles. The predicted molar refractivity (Wildman–Crippen MR) is 115 cm³/mol. The number of aromatic amines is 1. The SMILES string of the molecule is C=CC(c1ccc(C)cc1)S(=O)(=O)N1CCC(c2ccccc2)(c2nn[nH]n2)CC1. The third kappa shape index (κ3) is 3.57. The molecule has 0 radical (unpaired) electrons. The van der Waals surface area contributed by atoms with Crippen LogP contribution >= 0.6 is 0 Å². The predicted octanol–water partition coefficient (Wildman–Crippen LogP) is 3.15. The lowest BCUT2D eigenvalue weighted by Gasteiger charge is -2.40. The van der Waals surface area contributed by atoms with Crippen LogP contribution in [0, 0.1) is 6.92 Å². The van der Waals surface area contributed by atoms with E-state index in [1.807, 2.05) is 61.5 Å². The number of piperidine rings is 1. The van der Waals surface area contributed by atoms with Gasteiger partial charge >= 0.3 is 0 Å². The number of sulfonamides is 1. The largest absolute Gasteiger partial charge is 0.224 e. The topological polar surface area (TPSA) is 91.8 Å². The summed E-state index contributed by atoms with van der Waals surface area (Å²) in [6, 6.07) is 17.6. The van der Waals surface area contributed by atoms with Crippen molar-refractivity contribution in [3.05, 3.63) is 89.8 Å². The average Bonchev–Trinajstić information content (AvgIpc) is 3.32. The van der Waals surface area contributed by atoms with Crippen molar-refractivity contribution >= 4 is 10.0 Å². The molecule has 8 heteroatoms. The Labute approximate surface area is 176 Å². The lowest BCUT2D eigenvalue weighted by Crippen LogP contribution is -2.47. The summed E-state index contributed by atoms with van der Waals surface area (Å²) < 4.78 is 28.5. The molecule has 1 aliphatic heterocycles. The Morgan fingerprint density at radius 3 is 2.33 bits per heavy atom. The maximum Gasteiger partial charge on any atom is 0.224 e. The monoisotopic (exact) mass is 423 g/mol. The van der Waals surface area contributed by atoms with E-state index in [1.165, 1.54) is 6.08 Å². The van der Waals surface area contributed by atoms with Crippen LogP contribution in [0.15, 0.2) is 67.3 Å². The van der Waals surface area contributed by atoms with Gasteiger partial charge in [-0.15, -0.1) is 16.8 Å². The molecule has 0 saturated carbocycles. The van der Waals surface area contributed by atoms with E-state index in [0.29, 0.717) is 31.8 Å². The highest BCUT2D eigenvalue weighted by Crippen LogP contribution is 2.41. The molecular formula is C22H25N5O2S. The van der Waals surface area contributed by atoms with Crippen LogP contribution in [0.4, 0.5) is 0 Å². The molecule has 1 aromatic heterocycles. The van der Waals surface area contributed by atoms with Gasteiger partial charge < -0.3 is 0 Å². The summed E-state index contributed by atoms with van der Waals surface area (Å²) in [4.78, 5) is 0. The maximum absolute atomic E-state index is 13.4. The van der Waals surface area contributed by atoms with Gasteiger partial charge in [-0.3, -0.25) is 0 Å². The van der Waals surface area contributed by atoms with Gasteiger partial charge in [0, 0.05) is 13.1 Å². The average molecular weight is 424 g/mol. The van der Waals surface area contributed by atoms with Gasteiger partial charge in [-0.05, 0) is 30.9 Å². The van der Waals surface area contributed by atoms with E-state index in [9.17, 15) is 8.42 Å². The molecule has 4 rings (SSSR count). The van der Waals surface area contributed by atoms with E-state index in [0.717, 1.165) is 16.7 Å². The molecule has 1 atom stereocenters. The minimum absolute atomic E-state index is 0.377. The van der Waals surface area contributed by atoms with E-state index in [2.05, 4.69) is 27.2 Å². The summed E-state index contributed by atoms with van der Waals surface area (Å²) in [5.74, 6) is 0.601. The van der Waals surface area contributed by atoms with E-state index in [1.54, 1.807) is 4.31 Å². The molecule has 0 amide bonds. The number of tetrazole rings is 1. The zero-order chi connectivity index (χ0) is 21.2. The molecule has 1 N–H and O–H groups in total. The van der Waals surface area contributed by atoms with Crippen molar-refractivity contribution in [1.29, 1.82) is 0 Å². The second kappa shape index (κ2) is 8.12. The smallest absolute Gasteiger partial charge is 0.211 e. The lowest BCUT2D eigenvalue weighted by atomic mass is 9.72. The fourth-order valence-corrected chi connectivity index (χ4v) is 5.99. The van der Waals surface area contributed by atoms with Gasteiger partial charge in [0.1, 0.15) is 5.25 Å². The van der Waals surface area contributed by atoms with E-state index in [-0.39, 0.29) is 0 Å². The molecule has 1 saturated heterocycles. The Morgan fingerprint density at radius 1 is 1.10 bits per heavy atom. The number of benzene rings is 2. The van der Waals surface area contributed by atoms with E-state index < -0.39 is 20.7 Å². The number of rotatable bonds is 6. The molecule has 1 unspecified atom stereocenters. The first-order valence-electron chi connectivity index (χ1n) is 9.95. The summed E-state index contributed by atoms with van der Waals surface area (Å²) in [7, 11) is -3.59. The highest BCUT2D eigenvalue weighted by molar-refractivity contribution is 7.89. The molecular weight excluding hydrogens is 398 g/mol. The Balaban J connectivity index is 1.62. The van der Waals surface area contributed by atoms with Gasteiger partial charge in [0.25, 0.3) is 0 Å². The van der Waals surface area contributed by atoms with Crippen LogP contribution in [0.1, 0.15) is 40.6 Å². The third-order valence-corrected chi connectivity index (χ3v) is 8.17. The zero-order valence-electron chi connectivity index (χ0n) is 16.9. The maximum atomic E-state index is 13.4. The molecule has 7 nitrogen and oxygen atoms in total. The quantitative estimate of drug-likeness (QED) is 0.615. The summed E-state index contributed by atoms with van der Waals surface area (Å²) in [6.07, 6.45) is 2.67. The van der Waals surface area contributed by atoms with E-state index >= 15 is 0 Å². The zero-order valence-corrected chi connectivity index (χ0v) is 17.7. The highest BCUT2D eigenvalue weighted by atomic mass is 32.2. The molecule has 30 heavy (non-hydrogen) atoms. The Kier molecular flexibility index (Phi) is 5.53. The van der Waals surface area contributed by atoms with Crippen molar-refractivity contribution in [2.45, 2.75) is 30.4 Å². The fraction of sp³-hybridized carbons (Fsp3) is 0.318. The normalized spacial score (nSPS) is 18.0. The first kappa shape index (κ1) is 20.4. The van der Waals surface area contributed by atoms with Crippen molar-refractivity contribution in [3.8, 4) is 0 Å². The van der Waals surface area contributed by atoms with Crippen LogP contribution in [0.2, 0.25) is 0 Å². The van der Waals surface area contributed by atoms with Crippen molar-refractivity contribution in [2.24, 2.45) is 0 Å². The van der Waals surface area contributed by atoms with Crippen molar-refractivity contribution in [2.75, 3.05) is 13.1 Å². The number of nitrogens with zero attached hydrogens (tertiary/aromatic N) is 4. The summed E-state index contributed by atoms with van der Waals surface area (Å²) in [5.41, 5.74) is 2.42.